The Labute approximate surface area is 187 Å². The largest absolute Gasteiger partial charge is 0.362 e. The fourth-order valence-electron chi connectivity index (χ4n) is 3.23. The van der Waals surface area contributed by atoms with Gasteiger partial charge in [0.2, 0.25) is 5.91 Å². The van der Waals surface area contributed by atoms with E-state index in [1.165, 1.54) is 5.56 Å². The van der Waals surface area contributed by atoms with Crippen LogP contribution in [-0.4, -0.2) is 29.9 Å². The lowest BCUT2D eigenvalue weighted by Gasteiger charge is -2.20. The van der Waals surface area contributed by atoms with Crippen molar-refractivity contribution < 1.29 is 4.79 Å². The first kappa shape index (κ1) is 21.9. The molecule has 29 heavy (non-hydrogen) atoms. The summed E-state index contributed by atoms with van der Waals surface area (Å²) < 4.78 is 0. The fraction of sp³-hybridized carbons (Fsp3) is 0.364. The average molecular weight is 448 g/mol. The number of hydrogen-bond donors (Lipinski definition) is 2. The predicted molar refractivity (Wildman–Crippen MR) is 129 cm³/mol. The van der Waals surface area contributed by atoms with E-state index in [-0.39, 0.29) is 5.91 Å². The molecule has 2 N–H and O–H groups in total. The Balaban J connectivity index is 1.39. The summed E-state index contributed by atoms with van der Waals surface area (Å²) in [5, 5.41) is 7.91. The molecule has 1 amide bonds. The number of thiocarbonyl (C=S) groups is 1. The van der Waals surface area contributed by atoms with Gasteiger partial charge in [0, 0.05) is 41.7 Å². The Morgan fingerprint density at radius 2 is 2.10 bits per heavy atom. The monoisotopic (exact) mass is 447 g/mol. The van der Waals surface area contributed by atoms with Crippen molar-refractivity contribution in [1.29, 1.82) is 0 Å². The number of amides is 1. The van der Waals surface area contributed by atoms with Crippen LogP contribution in [0.5, 0.6) is 0 Å². The van der Waals surface area contributed by atoms with Crippen molar-refractivity contribution in [3.8, 4) is 0 Å². The quantitative estimate of drug-likeness (QED) is 0.419. The van der Waals surface area contributed by atoms with Gasteiger partial charge in [0.05, 0.1) is 0 Å². The molecule has 0 spiro atoms. The fourth-order valence-corrected chi connectivity index (χ4v) is 4.70. The zero-order chi connectivity index (χ0) is 20.6. The van der Waals surface area contributed by atoms with Crippen molar-refractivity contribution >= 4 is 58.0 Å². The molecule has 0 aliphatic carbocycles. The van der Waals surface area contributed by atoms with Gasteiger partial charge in [0.25, 0.3) is 0 Å². The van der Waals surface area contributed by atoms with Crippen LogP contribution in [0.3, 0.4) is 0 Å². The predicted octanol–water partition coefficient (Wildman–Crippen LogP) is 5.39. The van der Waals surface area contributed by atoms with Gasteiger partial charge in [-0.15, -0.1) is 0 Å². The molecule has 1 saturated heterocycles. The molecule has 2 aromatic carbocycles. The van der Waals surface area contributed by atoms with E-state index in [1.54, 1.807) is 0 Å². The Morgan fingerprint density at radius 1 is 1.28 bits per heavy atom. The molecule has 154 valence electrons. The van der Waals surface area contributed by atoms with Crippen LogP contribution in [0.15, 0.2) is 42.5 Å². The Morgan fingerprint density at radius 3 is 2.86 bits per heavy atom. The maximum absolute atomic E-state index is 12.1. The van der Waals surface area contributed by atoms with E-state index in [4.69, 9.17) is 23.8 Å². The van der Waals surface area contributed by atoms with Gasteiger partial charge in [-0.2, -0.15) is 11.8 Å². The smallest absolute Gasteiger partial charge is 0.227 e. The van der Waals surface area contributed by atoms with Gasteiger partial charge in [-0.25, -0.2) is 0 Å². The summed E-state index contributed by atoms with van der Waals surface area (Å²) in [5.41, 5.74) is 4.14. The number of rotatable bonds is 8. The second-order valence-electron chi connectivity index (χ2n) is 7.03. The average Bonchev–Trinajstić information content (AvgIpc) is 3.13. The van der Waals surface area contributed by atoms with Gasteiger partial charge < -0.3 is 15.5 Å². The summed E-state index contributed by atoms with van der Waals surface area (Å²) in [5.74, 6) is 2.15. The maximum Gasteiger partial charge on any atom is 0.227 e. The lowest BCUT2D eigenvalue weighted by Crippen LogP contribution is -2.30. The molecule has 1 aliphatic heterocycles. The summed E-state index contributed by atoms with van der Waals surface area (Å²) in [6.45, 7) is 3.63. The zero-order valence-corrected chi connectivity index (χ0v) is 18.9. The number of nitrogens with one attached hydrogen (secondary N) is 2. The van der Waals surface area contributed by atoms with E-state index in [0.29, 0.717) is 11.5 Å². The van der Waals surface area contributed by atoms with Crippen molar-refractivity contribution in [1.82, 2.24) is 5.32 Å². The van der Waals surface area contributed by atoms with Gasteiger partial charge in [-0.05, 0) is 67.1 Å². The van der Waals surface area contributed by atoms with E-state index in [2.05, 4.69) is 16.7 Å². The van der Waals surface area contributed by atoms with Crippen LogP contribution in [0.2, 0.25) is 5.02 Å². The molecule has 0 radical (unpaired) electrons. The third-order valence-electron chi connectivity index (χ3n) is 4.80. The first-order chi connectivity index (χ1) is 14.0. The second kappa shape index (κ2) is 10.9. The maximum atomic E-state index is 12.1. The number of carbonyl (C=O) groups is 1. The minimum atomic E-state index is 0.195. The molecule has 3 rings (SSSR count). The SMILES string of the molecule is Cc1ccc(NC(=S)NCCCSCc2ccccc2Cl)cc1N1CCCC1=O. The molecule has 1 aliphatic rings. The van der Waals surface area contributed by atoms with Crippen LogP contribution in [0.25, 0.3) is 0 Å². The highest BCUT2D eigenvalue weighted by atomic mass is 35.5. The molecule has 4 nitrogen and oxygen atoms in total. The summed E-state index contributed by atoms with van der Waals surface area (Å²) in [6.07, 6.45) is 2.56. The molecule has 1 fully saturated rings. The highest BCUT2D eigenvalue weighted by molar-refractivity contribution is 7.98. The summed E-state index contributed by atoms with van der Waals surface area (Å²) in [6, 6.07) is 14.0. The Bertz CT molecular complexity index is 875. The summed E-state index contributed by atoms with van der Waals surface area (Å²) in [7, 11) is 0. The number of halogens is 1. The normalized spacial score (nSPS) is 13.6. The Kier molecular flexibility index (Phi) is 8.21. The van der Waals surface area contributed by atoms with Crippen LogP contribution in [0.4, 0.5) is 11.4 Å². The van der Waals surface area contributed by atoms with E-state index in [9.17, 15) is 4.79 Å². The molecule has 0 bridgehead atoms. The number of nitrogens with zero attached hydrogens (tertiary/aromatic N) is 1. The molecule has 0 aromatic heterocycles. The molecule has 0 saturated carbocycles. The molecular formula is C22H26ClN3OS2. The molecular weight excluding hydrogens is 422 g/mol. The van der Waals surface area contributed by atoms with Crippen LogP contribution in [0, 0.1) is 6.92 Å². The third-order valence-corrected chi connectivity index (χ3v) is 6.51. The summed E-state index contributed by atoms with van der Waals surface area (Å²) in [4.78, 5) is 13.9. The first-order valence-electron chi connectivity index (χ1n) is 9.81. The number of hydrogen-bond acceptors (Lipinski definition) is 3. The molecule has 0 atom stereocenters. The van der Waals surface area contributed by atoms with Crippen LogP contribution in [0.1, 0.15) is 30.4 Å². The number of aryl methyl sites for hydroxylation is 1. The number of thioether (sulfide) groups is 1. The Hall–Kier alpha value is -1.76. The van der Waals surface area contributed by atoms with Crippen LogP contribution in [-0.2, 0) is 10.5 Å². The number of carbonyl (C=O) groups excluding carboxylic acids is 1. The van der Waals surface area contributed by atoms with E-state index in [0.717, 1.165) is 59.4 Å². The molecule has 0 unspecified atom stereocenters. The molecule has 7 heteroatoms. The van der Waals surface area contributed by atoms with Gasteiger partial charge in [-0.1, -0.05) is 35.9 Å². The number of benzene rings is 2. The lowest BCUT2D eigenvalue weighted by molar-refractivity contribution is -0.117. The topological polar surface area (TPSA) is 44.4 Å². The highest BCUT2D eigenvalue weighted by Gasteiger charge is 2.23. The minimum Gasteiger partial charge on any atom is -0.362 e. The van der Waals surface area contributed by atoms with Crippen LogP contribution >= 0.6 is 35.6 Å². The number of anilines is 2. The van der Waals surface area contributed by atoms with Gasteiger partial charge in [-0.3, -0.25) is 4.79 Å². The van der Waals surface area contributed by atoms with E-state index < -0.39 is 0 Å². The van der Waals surface area contributed by atoms with E-state index >= 15 is 0 Å². The first-order valence-corrected chi connectivity index (χ1v) is 11.8. The minimum absolute atomic E-state index is 0.195. The van der Waals surface area contributed by atoms with Gasteiger partial charge >= 0.3 is 0 Å². The van der Waals surface area contributed by atoms with Crippen molar-refractivity contribution in [3.05, 3.63) is 58.6 Å². The van der Waals surface area contributed by atoms with Crippen LogP contribution < -0.4 is 15.5 Å². The second-order valence-corrected chi connectivity index (χ2v) is 8.95. The van der Waals surface area contributed by atoms with Crippen molar-refractivity contribution in [2.45, 2.75) is 31.9 Å². The van der Waals surface area contributed by atoms with Crippen molar-refractivity contribution in [2.24, 2.45) is 0 Å². The van der Waals surface area contributed by atoms with Crippen molar-refractivity contribution in [3.63, 3.8) is 0 Å². The highest BCUT2D eigenvalue weighted by Crippen LogP contribution is 2.28. The molecule has 1 heterocycles. The standard InChI is InChI=1S/C22H26ClN3OS2/c1-16-9-10-18(14-20(16)26-12-4-8-21(26)27)25-22(28)24-11-5-13-29-15-17-6-2-3-7-19(17)23/h2-3,6-7,9-10,14H,4-5,8,11-13,15H2,1H3,(H2,24,25,28). The van der Waals surface area contributed by atoms with Crippen molar-refractivity contribution in [2.75, 3.05) is 29.1 Å². The van der Waals surface area contributed by atoms with Gasteiger partial charge in [0.1, 0.15) is 0 Å². The zero-order valence-electron chi connectivity index (χ0n) is 16.5. The van der Waals surface area contributed by atoms with Gasteiger partial charge in [0.15, 0.2) is 5.11 Å². The third kappa shape index (κ3) is 6.36. The van der Waals surface area contributed by atoms with E-state index in [1.807, 2.05) is 60.0 Å². The summed E-state index contributed by atoms with van der Waals surface area (Å²) >= 11 is 13.5. The molecule has 2 aromatic rings. The lowest BCUT2D eigenvalue weighted by atomic mass is 10.1.